The molecule has 0 heterocycles. The molecule has 0 saturated heterocycles. The van der Waals surface area contributed by atoms with Crippen molar-refractivity contribution in [2.24, 2.45) is 0 Å². The summed E-state index contributed by atoms with van der Waals surface area (Å²) in [5.74, 6) is 1.91. The van der Waals surface area contributed by atoms with E-state index >= 15 is 0 Å². The van der Waals surface area contributed by atoms with Crippen LogP contribution in [0.3, 0.4) is 0 Å². The normalized spacial score (nSPS) is 15.5. The van der Waals surface area contributed by atoms with Gasteiger partial charge in [0.25, 0.3) is 0 Å². The molecule has 0 spiro atoms. The van der Waals surface area contributed by atoms with E-state index in [1.54, 1.807) is 0 Å². The summed E-state index contributed by atoms with van der Waals surface area (Å²) in [6.07, 6.45) is 12.2. The Kier molecular flexibility index (Phi) is 17.7. The SMILES string of the molecule is CC(C)N(C(=O)[C]1[CH][CH][CH][C]1P(c1ccccc1)c1ccccc1)C(C)C.CC(C)N(C(=O)[C]1[CH][CH][CH][C]1P(c1ccccc1)c1ccccc1)C(C)C.[Fe+2]. The van der Waals surface area contributed by atoms with E-state index in [4.69, 9.17) is 0 Å². The molecule has 0 bridgehead atoms. The van der Waals surface area contributed by atoms with Crippen molar-refractivity contribution in [1.82, 2.24) is 9.80 Å². The second-order valence-electron chi connectivity index (χ2n) is 14.5. The summed E-state index contributed by atoms with van der Waals surface area (Å²) in [5, 5.41) is 5.05. The fourth-order valence-corrected chi connectivity index (χ4v) is 12.0. The molecule has 4 nitrogen and oxygen atoms in total. The van der Waals surface area contributed by atoms with E-state index < -0.39 is 15.8 Å². The van der Waals surface area contributed by atoms with Crippen LogP contribution >= 0.6 is 15.8 Å². The van der Waals surface area contributed by atoms with Crippen LogP contribution in [-0.2, 0) is 26.7 Å². The summed E-state index contributed by atoms with van der Waals surface area (Å²) < 4.78 is 0. The molecule has 0 aromatic heterocycles. The summed E-state index contributed by atoms with van der Waals surface area (Å²) in [7, 11) is -1.55. The molecule has 6 rings (SSSR count). The second kappa shape index (κ2) is 21.6. The van der Waals surface area contributed by atoms with Crippen molar-refractivity contribution in [1.29, 1.82) is 0 Å². The number of rotatable bonds is 12. The molecule has 55 heavy (non-hydrogen) atoms. The van der Waals surface area contributed by atoms with Gasteiger partial charge in [-0.05, 0) is 131 Å². The van der Waals surface area contributed by atoms with E-state index in [0.717, 1.165) is 23.2 Å². The van der Waals surface area contributed by atoms with Crippen molar-refractivity contribution in [3.05, 3.63) is 183 Å². The molecule has 10 radical (unpaired) electrons. The van der Waals surface area contributed by atoms with Crippen LogP contribution in [-0.4, -0.2) is 45.8 Å². The number of carbonyl (C=O) groups is 2. The monoisotopic (exact) mass is 808 g/mol. The minimum Gasteiger partial charge on any atom is -0.337 e. The van der Waals surface area contributed by atoms with Gasteiger partial charge in [0.15, 0.2) is 0 Å². The molecule has 4 aromatic carbocycles. The smallest absolute Gasteiger partial charge is 0.337 e. The Morgan fingerprint density at radius 3 is 0.855 bits per heavy atom. The fraction of sp³-hybridized carbons (Fsp3) is 0.250. The van der Waals surface area contributed by atoms with E-state index in [9.17, 15) is 9.59 Å². The first-order valence-electron chi connectivity index (χ1n) is 19.0. The third kappa shape index (κ3) is 11.2. The van der Waals surface area contributed by atoms with E-state index in [1.165, 1.54) is 21.2 Å². The number of hydrogen-bond donors (Lipinski definition) is 0. The van der Waals surface area contributed by atoms with Gasteiger partial charge in [-0.3, -0.25) is 9.59 Å². The average Bonchev–Trinajstić information content (AvgIpc) is 3.84. The average molecular weight is 809 g/mol. The molecule has 2 aliphatic rings. The molecular weight excluding hydrogens is 754 g/mol. The molecular formula is C48H54FeN2O2P2+2. The summed E-state index contributed by atoms with van der Waals surface area (Å²) in [6, 6.07) is 42.8. The Hall–Kier alpha value is -2.80. The summed E-state index contributed by atoms with van der Waals surface area (Å²) in [6.45, 7) is 16.6. The number of nitrogens with zero attached hydrogens (tertiary/aromatic N) is 2. The van der Waals surface area contributed by atoms with E-state index in [-0.39, 0.29) is 53.1 Å². The Balaban J connectivity index is 0.000000240. The maximum absolute atomic E-state index is 13.4. The van der Waals surface area contributed by atoms with Crippen LogP contribution in [0.4, 0.5) is 0 Å². The van der Waals surface area contributed by atoms with Gasteiger partial charge in [0.05, 0.1) is 11.8 Å². The quantitative estimate of drug-likeness (QED) is 0.106. The van der Waals surface area contributed by atoms with Crippen LogP contribution < -0.4 is 21.2 Å². The first-order valence-corrected chi connectivity index (χ1v) is 21.7. The Morgan fingerprint density at radius 2 is 0.636 bits per heavy atom. The van der Waals surface area contributed by atoms with Crippen LogP contribution in [0.5, 0.6) is 0 Å². The predicted molar refractivity (Wildman–Crippen MR) is 231 cm³/mol. The topological polar surface area (TPSA) is 40.6 Å². The summed E-state index contributed by atoms with van der Waals surface area (Å²) in [5.41, 5.74) is 2.28. The molecule has 7 heteroatoms. The fourth-order valence-electron chi connectivity index (χ4n) is 7.14. The second-order valence-corrected chi connectivity index (χ2v) is 18.8. The van der Waals surface area contributed by atoms with Gasteiger partial charge in [0.1, 0.15) is 0 Å². The molecule has 2 fully saturated rings. The van der Waals surface area contributed by atoms with Gasteiger partial charge in [-0.2, -0.15) is 0 Å². The van der Waals surface area contributed by atoms with Crippen molar-refractivity contribution in [2.45, 2.75) is 79.6 Å². The van der Waals surface area contributed by atoms with E-state index in [1.807, 2.05) is 59.7 Å². The Labute approximate surface area is 346 Å². The van der Waals surface area contributed by atoms with Gasteiger partial charge in [0.2, 0.25) is 11.8 Å². The number of amides is 2. The molecule has 284 valence electrons. The minimum absolute atomic E-state index is 0. The zero-order chi connectivity index (χ0) is 38.8. The molecule has 2 saturated carbocycles. The number of hydrogen-bond acceptors (Lipinski definition) is 2. The molecule has 0 unspecified atom stereocenters. The summed E-state index contributed by atoms with van der Waals surface area (Å²) >= 11 is 0. The predicted octanol–water partition coefficient (Wildman–Crippen LogP) is 8.99. The van der Waals surface area contributed by atoms with Gasteiger partial charge in [-0.15, -0.1) is 0 Å². The van der Waals surface area contributed by atoms with Gasteiger partial charge < -0.3 is 9.80 Å². The standard InChI is InChI=1S/2C24H27NOP.Fe/c2*1-18(2)25(19(3)4)24(26)22-16-11-17-23(22)27(20-12-7-5-8-13-20)21-14-9-6-10-15-21;/h2*5-19H,1-4H3;/q;;+2. The molecule has 0 N–H and O–H groups in total. The van der Waals surface area contributed by atoms with Crippen LogP contribution in [0.1, 0.15) is 55.4 Å². The van der Waals surface area contributed by atoms with Crippen LogP contribution in [0.15, 0.2) is 121 Å². The number of carbonyl (C=O) groups excluding carboxylic acids is 2. The van der Waals surface area contributed by atoms with E-state index in [2.05, 4.69) is 165 Å². The maximum Gasteiger partial charge on any atom is 2.00 e. The third-order valence-electron chi connectivity index (χ3n) is 9.28. The molecule has 2 aliphatic carbocycles. The van der Waals surface area contributed by atoms with E-state index in [0.29, 0.717) is 0 Å². The van der Waals surface area contributed by atoms with Gasteiger partial charge >= 0.3 is 17.1 Å². The first-order chi connectivity index (χ1) is 26.0. The largest absolute Gasteiger partial charge is 2.00 e. The molecule has 0 aliphatic heterocycles. The Bertz CT molecular complexity index is 1500. The van der Waals surface area contributed by atoms with Crippen LogP contribution in [0.25, 0.3) is 0 Å². The Morgan fingerprint density at radius 1 is 0.400 bits per heavy atom. The van der Waals surface area contributed by atoms with Gasteiger partial charge in [-0.25, -0.2) is 0 Å². The number of benzene rings is 4. The zero-order valence-electron chi connectivity index (χ0n) is 33.3. The van der Waals surface area contributed by atoms with Crippen molar-refractivity contribution in [2.75, 3.05) is 0 Å². The van der Waals surface area contributed by atoms with Crippen LogP contribution in [0, 0.1) is 61.7 Å². The van der Waals surface area contributed by atoms with Crippen molar-refractivity contribution >= 4 is 48.9 Å². The zero-order valence-corrected chi connectivity index (χ0v) is 36.2. The summed E-state index contributed by atoms with van der Waals surface area (Å²) in [4.78, 5) is 30.8. The van der Waals surface area contributed by atoms with Crippen LogP contribution in [0.2, 0.25) is 0 Å². The first kappa shape index (κ1) is 44.9. The van der Waals surface area contributed by atoms with Crippen molar-refractivity contribution < 1.29 is 26.7 Å². The van der Waals surface area contributed by atoms with Gasteiger partial charge in [-0.1, -0.05) is 121 Å². The van der Waals surface area contributed by atoms with Crippen molar-refractivity contribution in [3.63, 3.8) is 0 Å². The minimum atomic E-state index is -0.773. The molecule has 4 aromatic rings. The molecule has 2 amide bonds. The third-order valence-corrected chi connectivity index (χ3v) is 14.3. The molecule has 0 atom stereocenters. The maximum atomic E-state index is 13.4. The van der Waals surface area contributed by atoms with Gasteiger partial charge in [0, 0.05) is 35.5 Å². The van der Waals surface area contributed by atoms with Crippen molar-refractivity contribution in [3.8, 4) is 0 Å².